The molecule has 0 radical (unpaired) electrons. The summed E-state index contributed by atoms with van der Waals surface area (Å²) in [6.45, 7) is 0. The highest BCUT2D eigenvalue weighted by molar-refractivity contribution is 6.34. The van der Waals surface area contributed by atoms with Crippen LogP contribution in [0.1, 0.15) is 17.2 Å². The number of rotatable bonds is 3. The minimum absolute atomic E-state index is 0.0694. The van der Waals surface area contributed by atoms with E-state index < -0.39 is 17.7 Å². The van der Waals surface area contributed by atoms with Crippen LogP contribution in [0.3, 0.4) is 0 Å². The standard InChI is InChI=1S/C14H10Cl3F2NO/c1-21-13-5-8(15)6(2-10(13)17)14(20)7-3-12(19)9(16)4-11(7)18/h2-5,14H,20H2,1H3. The molecule has 2 aromatic carbocycles. The first kappa shape index (κ1) is 16.3. The molecule has 2 N–H and O–H groups in total. The number of benzene rings is 2. The Morgan fingerprint density at radius 3 is 2.19 bits per heavy atom. The summed E-state index contributed by atoms with van der Waals surface area (Å²) in [5, 5.41) is 0.183. The van der Waals surface area contributed by atoms with Crippen molar-refractivity contribution in [2.45, 2.75) is 6.04 Å². The predicted molar refractivity (Wildman–Crippen MR) is 80.4 cm³/mol. The van der Waals surface area contributed by atoms with Crippen molar-refractivity contribution in [1.82, 2.24) is 0 Å². The van der Waals surface area contributed by atoms with Gasteiger partial charge in [0.2, 0.25) is 0 Å². The number of hydrogen-bond acceptors (Lipinski definition) is 2. The van der Waals surface area contributed by atoms with Crippen molar-refractivity contribution in [2.24, 2.45) is 5.73 Å². The summed E-state index contributed by atoms with van der Waals surface area (Å²) >= 11 is 17.6. The van der Waals surface area contributed by atoms with E-state index in [0.717, 1.165) is 12.1 Å². The maximum Gasteiger partial charge on any atom is 0.142 e. The lowest BCUT2D eigenvalue weighted by Gasteiger charge is -2.17. The normalized spacial score (nSPS) is 12.3. The predicted octanol–water partition coefficient (Wildman–Crippen LogP) is 4.98. The lowest BCUT2D eigenvalue weighted by molar-refractivity contribution is 0.415. The van der Waals surface area contributed by atoms with E-state index in [0.29, 0.717) is 11.3 Å². The molecule has 0 aliphatic heterocycles. The molecule has 0 fully saturated rings. The molecule has 0 aliphatic carbocycles. The largest absolute Gasteiger partial charge is 0.495 e. The molecule has 2 rings (SSSR count). The SMILES string of the molecule is COc1cc(Cl)c(C(N)c2cc(F)c(Cl)cc2F)cc1Cl. The monoisotopic (exact) mass is 351 g/mol. The smallest absolute Gasteiger partial charge is 0.142 e. The molecule has 0 amide bonds. The van der Waals surface area contributed by atoms with Gasteiger partial charge in [0.15, 0.2) is 0 Å². The fraction of sp³-hybridized carbons (Fsp3) is 0.143. The number of hydrogen-bond donors (Lipinski definition) is 1. The van der Waals surface area contributed by atoms with Gasteiger partial charge in [0, 0.05) is 16.7 Å². The van der Waals surface area contributed by atoms with E-state index in [1.807, 2.05) is 0 Å². The zero-order valence-electron chi connectivity index (χ0n) is 10.8. The van der Waals surface area contributed by atoms with Crippen LogP contribution in [0.25, 0.3) is 0 Å². The minimum atomic E-state index is -0.993. The van der Waals surface area contributed by atoms with Crippen LogP contribution < -0.4 is 10.5 Å². The lowest BCUT2D eigenvalue weighted by atomic mass is 9.98. The number of methoxy groups -OCH3 is 1. The van der Waals surface area contributed by atoms with Crippen LogP contribution in [0.2, 0.25) is 15.1 Å². The fourth-order valence-corrected chi connectivity index (χ4v) is 2.55. The first-order chi connectivity index (χ1) is 9.85. The Hall–Kier alpha value is -1.07. The van der Waals surface area contributed by atoms with Gasteiger partial charge in [0.25, 0.3) is 0 Å². The van der Waals surface area contributed by atoms with Crippen molar-refractivity contribution in [2.75, 3.05) is 7.11 Å². The van der Waals surface area contributed by atoms with Crippen molar-refractivity contribution in [3.8, 4) is 5.75 Å². The van der Waals surface area contributed by atoms with Crippen molar-refractivity contribution in [3.05, 3.63) is 62.1 Å². The summed E-state index contributed by atoms with van der Waals surface area (Å²) in [5.41, 5.74) is 6.24. The van der Waals surface area contributed by atoms with Crippen LogP contribution in [0.5, 0.6) is 5.75 Å². The summed E-state index contributed by atoms with van der Waals surface area (Å²) in [6, 6.07) is 3.73. The Labute approximate surface area is 135 Å². The highest BCUT2D eigenvalue weighted by Gasteiger charge is 2.20. The summed E-state index contributed by atoms with van der Waals surface area (Å²) < 4.78 is 32.4. The van der Waals surface area contributed by atoms with E-state index in [1.165, 1.54) is 19.2 Å². The van der Waals surface area contributed by atoms with E-state index in [2.05, 4.69) is 0 Å². The van der Waals surface area contributed by atoms with E-state index in [4.69, 9.17) is 45.3 Å². The molecule has 0 spiro atoms. The molecule has 7 heteroatoms. The second-order valence-corrected chi connectivity index (χ2v) is 5.50. The molecular formula is C14H10Cl3F2NO. The highest BCUT2D eigenvalue weighted by Crippen LogP contribution is 2.36. The Bertz CT molecular complexity index is 694. The number of halogens is 5. The Morgan fingerprint density at radius 1 is 0.905 bits per heavy atom. The van der Waals surface area contributed by atoms with Crippen molar-refractivity contribution in [1.29, 1.82) is 0 Å². The van der Waals surface area contributed by atoms with E-state index >= 15 is 0 Å². The first-order valence-corrected chi connectivity index (χ1v) is 6.91. The Kier molecular flexibility index (Phi) is 4.94. The molecule has 0 bridgehead atoms. The molecule has 0 aromatic heterocycles. The molecule has 21 heavy (non-hydrogen) atoms. The maximum absolute atomic E-state index is 13.9. The molecule has 0 aliphatic rings. The average Bonchev–Trinajstić information content (AvgIpc) is 2.44. The highest BCUT2D eigenvalue weighted by atomic mass is 35.5. The van der Waals surface area contributed by atoms with Crippen molar-refractivity contribution < 1.29 is 13.5 Å². The third-order valence-electron chi connectivity index (χ3n) is 2.98. The van der Waals surface area contributed by atoms with Gasteiger partial charge in [-0.3, -0.25) is 0 Å². The molecule has 112 valence electrons. The van der Waals surface area contributed by atoms with Gasteiger partial charge in [-0.25, -0.2) is 8.78 Å². The van der Waals surface area contributed by atoms with Gasteiger partial charge in [-0.15, -0.1) is 0 Å². The van der Waals surface area contributed by atoms with E-state index in [9.17, 15) is 8.78 Å². The molecule has 1 atom stereocenters. The molecule has 0 saturated heterocycles. The van der Waals surface area contributed by atoms with Gasteiger partial charge < -0.3 is 10.5 Å². The summed E-state index contributed by atoms with van der Waals surface area (Å²) in [4.78, 5) is 0. The molecule has 0 saturated carbocycles. The van der Waals surface area contributed by atoms with Gasteiger partial charge in [0.05, 0.1) is 23.2 Å². The van der Waals surface area contributed by atoms with Gasteiger partial charge in [-0.05, 0) is 23.8 Å². The molecular weight excluding hydrogens is 343 g/mol. The van der Waals surface area contributed by atoms with Gasteiger partial charge in [-0.1, -0.05) is 34.8 Å². The van der Waals surface area contributed by atoms with Gasteiger partial charge in [-0.2, -0.15) is 0 Å². The topological polar surface area (TPSA) is 35.2 Å². The molecule has 1 unspecified atom stereocenters. The van der Waals surface area contributed by atoms with Crippen LogP contribution >= 0.6 is 34.8 Å². The summed E-state index contributed by atoms with van der Waals surface area (Å²) in [6.07, 6.45) is 0. The average molecular weight is 353 g/mol. The zero-order valence-corrected chi connectivity index (χ0v) is 13.0. The molecule has 2 nitrogen and oxygen atoms in total. The van der Waals surface area contributed by atoms with Crippen LogP contribution in [0.15, 0.2) is 24.3 Å². The van der Waals surface area contributed by atoms with Gasteiger partial charge >= 0.3 is 0 Å². The van der Waals surface area contributed by atoms with Crippen LogP contribution in [-0.4, -0.2) is 7.11 Å². The number of ether oxygens (including phenoxy) is 1. The maximum atomic E-state index is 13.9. The van der Waals surface area contributed by atoms with Crippen molar-refractivity contribution in [3.63, 3.8) is 0 Å². The first-order valence-electron chi connectivity index (χ1n) is 5.78. The van der Waals surface area contributed by atoms with E-state index in [1.54, 1.807) is 0 Å². The fourth-order valence-electron chi connectivity index (χ4n) is 1.88. The van der Waals surface area contributed by atoms with E-state index in [-0.39, 0.29) is 20.6 Å². The second kappa shape index (κ2) is 6.36. The third kappa shape index (κ3) is 3.24. The van der Waals surface area contributed by atoms with Crippen LogP contribution in [-0.2, 0) is 0 Å². The zero-order chi connectivity index (χ0) is 15.7. The summed E-state index contributed by atoms with van der Waals surface area (Å²) in [5.74, 6) is -1.13. The summed E-state index contributed by atoms with van der Waals surface area (Å²) in [7, 11) is 1.44. The quantitative estimate of drug-likeness (QED) is 0.791. The van der Waals surface area contributed by atoms with Gasteiger partial charge in [0.1, 0.15) is 17.4 Å². The Morgan fingerprint density at radius 2 is 1.57 bits per heavy atom. The Balaban J connectivity index is 2.52. The van der Waals surface area contributed by atoms with Crippen LogP contribution in [0, 0.1) is 11.6 Å². The van der Waals surface area contributed by atoms with Crippen molar-refractivity contribution >= 4 is 34.8 Å². The molecule has 0 heterocycles. The minimum Gasteiger partial charge on any atom is -0.495 e. The molecule has 2 aromatic rings. The second-order valence-electron chi connectivity index (χ2n) is 4.27. The van der Waals surface area contributed by atoms with Crippen LogP contribution in [0.4, 0.5) is 8.78 Å². The number of nitrogens with two attached hydrogens (primary N) is 1. The lowest BCUT2D eigenvalue weighted by Crippen LogP contribution is -2.15. The third-order valence-corrected chi connectivity index (χ3v) is 3.89.